The van der Waals surface area contributed by atoms with Crippen LogP contribution in [0.15, 0.2) is 0 Å². The van der Waals surface area contributed by atoms with Crippen molar-refractivity contribution in [2.45, 2.75) is 46.6 Å². The summed E-state index contributed by atoms with van der Waals surface area (Å²) in [6, 6.07) is 2.67. The Morgan fingerprint density at radius 3 is 2.39 bits per heavy atom. The normalized spacial score (nSPS) is 21.3. The predicted octanol–water partition coefficient (Wildman–Crippen LogP) is 2.20. The lowest BCUT2D eigenvalue weighted by atomic mass is 9.70. The van der Waals surface area contributed by atoms with Crippen LogP contribution in [0.1, 0.15) is 40.5 Å². The van der Waals surface area contributed by atoms with Crippen molar-refractivity contribution in [3.05, 3.63) is 0 Å². The summed E-state index contributed by atoms with van der Waals surface area (Å²) in [5.41, 5.74) is -0.244. The van der Waals surface area contributed by atoms with E-state index in [4.69, 9.17) is 4.74 Å². The van der Waals surface area contributed by atoms with E-state index in [9.17, 15) is 10.1 Å². The molecule has 0 aromatic rings. The summed E-state index contributed by atoms with van der Waals surface area (Å²) in [5.74, 6) is -0.993. The molecule has 0 amide bonds. The van der Waals surface area contributed by atoms with Gasteiger partial charge in [-0.05, 0) is 52.1 Å². The molecule has 1 unspecified atom stereocenters. The van der Waals surface area contributed by atoms with E-state index < -0.39 is 5.92 Å². The van der Waals surface area contributed by atoms with Crippen LogP contribution in [-0.4, -0.2) is 36.6 Å². The minimum Gasteiger partial charge on any atom is -0.465 e. The van der Waals surface area contributed by atoms with Crippen LogP contribution in [0.3, 0.4) is 0 Å². The number of carbonyl (C=O) groups is 1. The third kappa shape index (κ3) is 3.23. The zero-order chi connectivity index (χ0) is 13.8. The molecule has 102 valence electrons. The van der Waals surface area contributed by atoms with E-state index in [1.807, 2.05) is 6.92 Å². The van der Waals surface area contributed by atoms with Gasteiger partial charge in [-0.3, -0.25) is 4.79 Å². The van der Waals surface area contributed by atoms with E-state index in [-0.39, 0.29) is 11.4 Å². The average molecular weight is 252 g/mol. The van der Waals surface area contributed by atoms with Gasteiger partial charge in [0.15, 0.2) is 0 Å². The van der Waals surface area contributed by atoms with Gasteiger partial charge in [0.2, 0.25) is 0 Å². The molecular formula is C14H24N2O2. The zero-order valence-corrected chi connectivity index (χ0v) is 11.9. The first-order valence-electron chi connectivity index (χ1n) is 6.75. The highest BCUT2D eigenvalue weighted by molar-refractivity contribution is 5.76. The maximum Gasteiger partial charge on any atom is 0.323 e. The van der Waals surface area contributed by atoms with E-state index in [0.717, 1.165) is 25.9 Å². The SMILES string of the molecule is CCOC(=O)C(C#N)C1(C)CCN(C(C)C)CC1. The van der Waals surface area contributed by atoms with Gasteiger partial charge >= 0.3 is 5.97 Å². The van der Waals surface area contributed by atoms with Gasteiger partial charge in [-0.1, -0.05) is 6.92 Å². The van der Waals surface area contributed by atoms with Crippen molar-refractivity contribution in [2.24, 2.45) is 11.3 Å². The zero-order valence-electron chi connectivity index (χ0n) is 11.9. The quantitative estimate of drug-likeness (QED) is 0.720. The van der Waals surface area contributed by atoms with Crippen molar-refractivity contribution in [3.8, 4) is 6.07 Å². The Kier molecular flexibility index (Phi) is 5.15. The second kappa shape index (κ2) is 6.19. The highest BCUT2D eigenvalue weighted by Crippen LogP contribution is 2.39. The van der Waals surface area contributed by atoms with Gasteiger partial charge in [-0.2, -0.15) is 5.26 Å². The van der Waals surface area contributed by atoms with Gasteiger partial charge < -0.3 is 9.64 Å². The molecule has 0 spiro atoms. The molecule has 1 aliphatic rings. The molecule has 0 aromatic heterocycles. The molecule has 18 heavy (non-hydrogen) atoms. The van der Waals surface area contributed by atoms with Gasteiger partial charge in [0.25, 0.3) is 0 Å². The van der Waals surface area contributed by atoms with E-state index >= 15 is 0 Å². The molecule has 0 aromatic carbocycles. The lowest BCUT2D eigenvalue weighted by molar-refractivity contribution is -0.151. The Balaban J connectivity index is 2.70. The molecule has 0 N–H and O–H groups in total. The molecule has 4 nitrogen and oxygen atoms in total. The summed E-state index contributed by atoms with van der Waals surface area (Å²) in [6.07, 6.45) is 1.75. The molecule has 1 rings (SSSR count). The molecule has 0 radical (unpaired) electrons. The number of ether oxygens (including phenoxy) is 1. The molecule has 0 saturated carbocycles. The van der Waals surface area contributed by atoms with Gasteiger partial charge in [-0.25, -0.2) is 0 Å². The van der Waals surface area contributed by atoms with Crippen molar-refractivity contribution in [1.82, 2.24) is 4.90 Å². The fourth-order valence-corrected chi connectivity index (χ4v) is 2.56. The highest BCUT2D eigenvalue weighted by Gasteiger charge is 2.42. The van der Waals surface area contributed by atoms with Crippen LogP contribution in [0.4, 0.5) is 0 Å². The summed E-state index contributed by atoms with van der Waals surface area (Å²) in [4.78, 5) is 14.2. The lowest BCUT2D eigenvalue weighted by Gasteiger charge is -2.42. The lowest BCUT2D eigenvalue weighted by Crippen LogP contribution is -2.46. The smallest absolute Gasteiger partial charge is 0.323 e. The van der Waals surface area contributed by atoms with E-state index in [0.29, 0.717) is 12.6 Å². The third-order valence-corrected chi connectivity index (χ3v) is 4.02. The number of hydrogen-bond donors (Lipinski definition) is 0. The Labute approximate surface area is 110 Å². The summed E-state index contributed by atoms with van der Waals surface area (Å²) in [7, 11) is 0. The van der Waals surface area contributed by atoms with Crippen LogP contribution in [0, 0.1) is 22.7 Å². The van der Waals surface area contributed by atoms with Crippen molar-refractivity contribution in [1.29, 1.82) is 5.26 Å². The monoisotopic (exact) mass is 252 g/mol. The van der Waals surface area contributed by atoms with Crippen molar-refractivity contribution >= 4 is 5.97 Å². The summed E-state index contributed by atoms with van der Waals surface area (Å²) < 4.78 is 5.01. The molecule has 4 heteroatoms. The molecule has 1 heterocycles. The minimum absolute atomic E-state index is 0.244. The first-order valence-corrected chi connectivity index (χ1v) is 6.75. The van der Waals surface area contributed by atoms with Crippen LogP contribution in [0.25, 0.3) is 0 Å². The molecule has 1 atom stereocenters. The van der Waals surface area contributed by atoms with E-state index in [2.05, 4.69) is 24.8 Å². The number of esters is 1. The molecule has 0 aliphatic carbocycles. The van der Waals surface area contributed by atoms with Crippen LogP contribution < -0.4 is 0 Å². The Morgan fingerprint density at radius 1 is 1.44 bits per heavy atom. The summed E-state index contributed by atoms with van der Waals surface area (Å²) in [5, 5.41) is 9.25. The van der Waals surface area contributed by atoms with Crippen LogP contribution >= 0.6 is 0 Å². The molecular weight excluding hydrogens is 228 g/mol. The van der Waals surface area contributed by atoms with Gasteiger partial charge in [0.05, 0.1) is 12.7 Å². The first kappa shape index (κ1) is 15.0. The fourth-order valence-electron chi connectivity index (χ4n) is 2.56. The molecule has 1 aliphatic heterocycles. The van der Waals surface area contributed by atoms with E-state index in [1.54, 1.807) is 6.92 Å². The van der Waals surface area contributed by atoms with Crippen LogP contribution in [-0.2, 0) is 9.53 Å². The van der Waals surface area contributed by atoms with Crippen molar-refractivity contribution in [3.63, 3.8) is 0 Å². The van der Waals surface area contributed by atoms with Crippen molar-refractivity contribution in [2.75, 3.05) is 19.7 Å². The number of piperidine rings is 1. The number of nitrogens with zero attached hydrogens (tertiary/aromatic N) is 2. The molecule has 0 bridgehead atoms. The number of carbonyl (C=O) groups excluding carboxylic acids is 1. The number of hydrogen-bond acceptors (Lipinski definition) is 4. The molecule has 1 saturated heterocycles. The third-order valence-electron chi connectivity index (χ3n) is 4.02. The Bertz CT molecular complexity index is 325. The van der Waals surface area contributed by atoms with Gasteiger partial charge in [0.1, 0.15) is 5.92 Å². The number of nitriles is 1. The fraction of sp³-hybridized carbons (Fsp3) is 0.857. The largest absolute Gasteiger partial charge is 0.465 e. The predicted molar refractivity (Wildman–Crippen MR) is 69.8 cm³/mol. The van der Waals surface area contributed by atoms with Gasteiger partial charge in [0, 0.05) is 6.04 Å². The van der Waals surface area contributed by atoms with E-state index in [1.165, 1.54) is 0 Å². The standard InChI is InChI=1S/C14H24N2O2/c1-5-18-13(17)12(10-15)14(4)6-8-16(9-7-14)11(2)3/h11-12H,5-9H2,1-4H3. The average Bonchev–Trinajstić information content (AvgIpc) is 2.30. The van der Waals surface area contributed by atoms with Crippen LogP contribution in [0.5, 0.6) is 0 Å². The first-order chi connectivity index (χ1) is 8.44. The second-order valence-electron chi connectivity index (χ2n) is 5.60. The minimum atomic E-state index is -0.633. The Hall–Kier alpha value is -1.08. The topological polar surface area (TPSA) is 53.3 Å². The van der Waals surface area contributed by atoms with Gasteiger partial charge in [-0.15, -0.1) is 0 Å². The number of likely N-dealkylation sites (tertiary alicyclic amines) is 1. The summed E-state index contributed by atoms with van der Waals surface area (Å²) >= 11 is 0. The van der Waals surface area contributed by atoms with Crippen LogP contribution in [0.2, 0.25) is 0 Å². The maximum absolute atomic E-state index is 11.8. The molecule has 1 fully saturated rings. The Morgan fingerprint density at radius 2 is 2.00 bits per heavy atom. The second-order valence-corrected chi connectivity index (χ2v) is 5.60. The highest BCUT2D eigenvalue weighted by atomic mass is 16.5. The van der Waals surface area contributed by atoms with Crippen molar-refractivity contribution < 1.29 is 9.53 Å². The maximum atomic E-state index is 11.8. The summed E-state index contributed by atoms with van der Waals surface area (Å²) in [6.45, 7) is 10.4. The number of rotatable bonds is 4.